The molecule has 0 unspecified atom stereocenters. The molecule has 2 aromatic heterocycles. The predicted octanol–water partition coefficient (Wildman–Crippen LogP) is 4.11. The van der Waals surface area contributed by atoms with Crippen molar-refractivity contribution in [2.75, 3.05) is 5.32 Å². The van der Waals surface area contributed by atoms with Gasteiger partial charge >= 0.3 is 0 Å². The molecule has 1 amide bonds. The Labute approximate surface area is 130 Å². The van der Waals surface area contributed by atoms with Crippen molar-refractivity contribution in [2.45, 2.75) is 0 Å². The van der Waals surface area contributed by atoms with Gasteiger partial charge in [-0.15, -0.1) is 11.3 Å². The van der Waals surface area contributed by atoms with Crippen LogP contribution in [0.15, 0.2) is 54.2 Å². The number of rotatable bonds is 3. The lowest BCUT2D eigenvalue weighted by Crippen LogP contribution is -2.12. The van der Waals surface area contributed by atoms with Crippen molar-refractivity contribution in [3.8, 4) is 10.6 Å². The number of benzene rings is 1. The molecule has 0 aliphatic rings. The number of nitrogens with zero attached hydrogens (tertiary/aromatic N) is 2. The van der Waals surface area contributed by atoms with E-state index in [4.69, 9.17) is 11.6 Å². The molecule has 1 aromatic carbocycles. The summed E-state index contributed by atoms with van der Waals surface area (Å²) in [6.07, 6.45) is 3.39. The number of thiazole rings is 1. The van der Waals surface area contributed by atoms with Crippen LogP contribution in [0.2, 0.25) is 5.02 Å². The number of hydrogen-bond acceptors (Lipinski definition) is 4. The fourth-order valence-electron chi connectivity index (χ4n) is 1.75. The minimum atomic E-state index is -0.278. The zero-order chi connectivity index (χ0) is 14.7. The van der Waals surface area contributed by atoms with Crippen molar-refractivity contribution >= 4 is 34.5 Å². The summed E-state index contributed by atoms with van der Waals surface area (Å²) in [6, 6.07) is 10.8. The Kier molecular flexibility index (Phi) is 3.94. The van der Waals surface area contributed by atoms with E-state index in [1.165, 1.54) is 11.3 Å². The van der Waals surface area contributed by atoms with E-state index >= 15 is 0 Å². The SMILES string of the molecule is O=C(Nc1ccccc1Cl)c1csc(-c2ccncc2)n1. The van der Waals surface area contributed by atoms with E-state index in [-0.39, 0.29) is 5.91 Å². The van der Waals surface area contributed by atoms with Crippen molar-refractivity contribution in [2.24, 2.45) is 0 Å². The molecule has 0 spiro atoms. The summed E-state index contributed by atoms with van der Waals surface area (Å²) in [5, 5.41) is 5.75. The van der Waals surface area contributed by atoms with Crippen LogP contribution in [-0.4, -0.2) is 15.9 Å². The average molecular weight is 316 g/mol. The lowest BCUT2D eigenvalue weighted by atomic mass is 10.3. The number of carbonyl (C=O) groups is 1. The van der Waals surface area contributed by atoms with Gasteiger partial charge in [-0.2, -0.15) is 0 Å². The first-order chi connectivity index (χ1) is 10.2. The first kappa shape index (κ1) is 13.7. The molecule has 21 heavy (non-hydrogen) atoms. The molecule has 2 heterocycles. The monoisotopic (exact) mass is 315 g/mol. The highest BCUT2D eigenvalue weighted by atomic mass is 35.5. The third-order valence-electron chi connectivity index (χ3n) is 2.79. The molecule has 0 saturated carbocycles. The van der Waals surface area contributed by atoms with Crippen LogP contribution in [0.5, 0.6) is 0 Å². The van der Waals surface area contributed by atoms with E-state index < -0.39 is 0 Å². The highest BCUT2D eigenvalue weighted by Crippen LogP contribution is 2.25. The highest BCUT2D eigenvalue weighted by Gasteiger charge is 2.13. The van der Waals surface area contributed by atoms with Gasteiger partial charge in [-0.25, -0.2) is 4.98 Å². The number of pyridine rings is 1. The van der Waals surface area contributed by atoms with Gasteiger partial charge in [0, 0.05) is 23.3 Å². The van der Waals surface area contributed by atoms with Crippen molar-refractivity contribution in [3.05, 3.63) is 64.9 Å². The van der Waals surface area contributed by atoms with Crippen LogP contribution in [0.1, 0.15) is 10.5 Å². The minimum Gasteiger partial charge on any atom is -0.319 e. The van der Waals surface area contributed by atoms with Crippen molar-refractivity contribution < 1.29 is 4.79 Å². The fourth-order valence-corrected chi connectivity index (χ4v) is 2.74. The summed E-state index contributed by atoms with van der Waals surface area (Å²) in [5.74, 6) is -0.278. The number of hydrogen-bond donors (Lipinski definition) is 1. The average Bonchev–Trinajstić information content (AvgIpc) is 3.00. The molecular weight excluding hydrogens is 306 g/mol. The Hall–Kier alpha value is -2.24. The number of halogens is 1. The van der Waals surface area contributed by atoms with Crippen molar-refractivity contribution in [1.29, 1.82) is 0 Å². The molecule has 1 N–H and O–H groups in total. The maximum atomic E-state index is 12.2. The lowest BCUT2D eigenvalue weighted by Gasteiger charge is -2.04. The van der Waals surface area contributed by atoms with Crippen LogP contribution >= 0.6 is 22.9 Å². The van der Waals surface area contributed by atoms with Gasteiger partial charge in [-0.05, 0) is 24.3 Å². The molecule has 0 saturated heterocycles. The van der Waals surface area contributed by atoms with Crippen LogP contribution in [0.25, 0.3) is 10.6 Å². The number of nitrogens with one attached hydrogen (secondary N) is 1. The Balaban J connectivity index is 1.80. The van der Waals surface area contributed by atoms with Gasteiger partial charge < -0.3 is 5.32 Å². The largest absolute Gasteiger partial charge is 0.319 e. The number of para-hydroxylation sites is 1. The van der Waals surface area contributed by atoms with E-state index in [1.807, 2.05) is 24.3 Å². The summed E-state index contributed by atoms with van der Waals surface area (Å²) >= 11 is 7.43. The van der Waals surface area contributed by atoms with E-state index in [1.54, 1.807) is 29.9 Å². The molecule has 104 valence electrons. The van der Waals surface area contributed by atoms with E-state index in [0.717, 1.165) is 10.6 Å². The molecule has 0 bridgehead atoms. The Bertz CT molecular complexity index is 773. The minimum absolute atomic E-state index is 0.278. The Morgan fingerprint density at radius 1 is 1.14 bits per heavy atom. The normalized spacial score (nSPS) is 10.3. The second-order valence-corrected chi connectivity index (χ2v) is 5.47. The van der Waals surface area contributed by atoms with Crippen LogP contribution in [0.3, 0.4) is 0 Å². The van der Waals surface area contributed by atoms with Crippen molar-refractivity contribution in [1.82, 2.24) is 9.97 Å². The van der Waals surface area contributed by atoms with E-state index in [9.17, 15) is 4.79 Å². The lowest BCUT2D eigenvalue weighted by molar-refractivity contribution is 0.102. The number of carbonyl (C=O) groups excluding carboxylic acids is 1. The van der Waals surface area contributed by atoms with Crippen LogP contribution < -0.4 is 5.32 Å². The predicted molar refractivity (Wildman–Crippen MR) is 84.8 cm³/mol. The number of amides is 1. The van der Waals surface area contributed by atoms with Gasteiger partial charge in [-0.1, -0.05) is 23.7 Å². The van der Waals surface area contributed by atoms with Gasteiger partial charge in [0.05, 0.1) is 10.7 Å². The molecule has 3 aromatic rings. The molecule has 0 aliphatic heterocycles. The Morgan fingerprint density at radius 3 is 2.67 bits per heavy atom. The second kappa shape index (κ2) is 6.03. The smallest absolute Gasteiger partial charge is 0.275 e. The van der Waals surface area contributed by atoms with Gasteiger partial charge in [0.2, 0.25) is 0 Å². The maximum Gasteiger partial charge on any atom is 0.275 e. The summed E-state index contributed by atoms with van der Waals surface area (Å²) in [4.78, 5) is 20.5. The summed E-state index contributed by atoms with van der Waals surface area (Å²) < 4.78 is 0. The standard InChI is InChI=1S/C15H10ClN3OS/c16-11-3-1-2-4-12(11)18-14(20)13-9-21-15(19-13)10-5-7-17-8-6-10/h1-9H,(H,18,20). The van der Waals surface area contributed by atoms with Gasteiger partial charge in [-0.3, -0.25) is 9.78 Å². The molecule has 0 radical (unpaired) electrons. The fraction of sp³-hybridized carbons (Fsp3) is 0. The third kappa shape index (κ3) is 3.09. The van der Waals surface area contributed by atoms with Gasteiger partial charge in [0.25, 0.3) is 5.91 Å². The van der Waals surface area contributed by atoms with Crippen LogP contribution in [0.4, 0.5) is 5.69 Å². The summed E-state index contributed by atoms with van der Waals surface area (Å²) in [7, 11) is 0. The molecule has 3 rings (SSSR count). The number of aromatic nitrogens is 2. The zero-order valence-electron chi connectivity index (χ0n) is 10.8. The molecule has 6 heteroatoms. The molecule has 0 fully saturated rings. The third-order valence-corrected chi connectivity index (χ3v) is 4.01. The maximum absolute atomic E-state index is 12.2. The molecule has 4 nitrogen and oxygen atoms in total. The van der Waals surface area contributed by atoms with E-state index in [2.05, 4.69) is 15.3 Å². The molecule has 0 atom stereocenters. The van der Waals surface area contributed by atoms with Gasteiger partial charge in [0.1, 0.15) is 10.7 Å². The Morgan fingerprint density at radius 2 is 1.90 bits per heavy atom. The van der Waals surface area contributed by atoms with Crippen LogP contribution in [-0.2, 0) is 0 Å². The second-order valence-electron chi connectivity index (χ2n) is 4.21. The molecular formula is C15H10ClN3OS. The zero-order valence-corrected chi connectivity index (χ0v) is 12.4. The molecule has 0 aliphatic carbocycles. The quantitative estimate of drug-likeness (QED) is 0.791. The summed E-state index contributed by atoms with van der Waals surface area (Å²) in [5.41, 5.74) is 1.88. The van der Waals surface area contributed by atoms with Crippen molar-refractivity contribution in [3.63, 3.8) is 0 Å². The highest BCUT2D eigenvalue weighted by molar-refractivity contribution is 7.13. The first-order valence-electron chi connectivity index (χ1n) is 6.16. The number of anilines is 1. The van der Waals surface area contributed by atoms with Gasteiger partial charge in [0.15, 0.2) is 0 Å². The summed E-state index contributed by atoms with van der Waals surface area (Å²) in [6.45, 7) is 0. The van der Waals surface area contributed by atoms with Crippen LogP contribution in [0, 0.1) is 0 Å². The first-order valence-corrected chi connectivity index (χ1v) is 7.41. The topological polar surface area (TPSA) is 54.9 Å². The van der Waals surface area contributed by atoms with E-state index in [0.29, 0.717) is 16.4 Å².